The second-order valence-corrected chi connectivity index (χ2v) is 17.6. The Morgan fingerprint density at radius 1 is 0.889 bits per heavy atom. The topological polar surface area (TPSA) is 0 Å². The fourth-order valence-corrected chi connectivity index (χ4v) is 10.1. The van der Waals surface area contributed by atoms with Crippen LogP contribution in [-0.4, -0.2) is 0 Å². The number of allylic oxidation sites excluding steroid dienone is 1. The van der Waals surface area contributed by atoms with Crippen molar-refractivity contribution in [3.8, 4) is 0 Å². The molecule has 210 valence electrons. The van der Waals surface area contributed by atoms with Crippen LogP contribution in [-0.2, 0) is 0 Å². The highest BCUT2D eigenvalue weighted by atomic mass is 14.7. The summed E-state index contributed by atoms with van der Waals surface area (Å²) in [6.45, 7) is 31.0. The van der Waals surface area contributed by atoms with Gasteiger partial charge in [0.15, 0.2) is 0 Å². The monoisotopic (exact) mass is 499 g/mol. The Morgan fingerprint density at radius 2 is 1.53 bits per heavy atom. The van der Waals surface area contributed by atoms with Crippen LogP contribution in [0.25, 0.3) is 0 Å². The van der Waals surface area contributed by atoms with Gasteiger partial charge in [-0.25, -0.2) is 0 Å². The average Bonchev–Trinajstić information content (AvgIpc) is 3.09. The summed E-state index contributed by atoms with van der Waals surface area (Å²) in [5, 5.41) is 0. The van der Waals surface area contributed by atoms with E-state index in [1.54, 1.807) is 12.8 Å². The van der Waals surface area contributed by atoms with Gasteiger partial charge in [0.2, 0.25) is 0 Å². The zero-order valence-electron chi connectivity index (χ0n) is 26.7. The van der Waals surface area contributed by atoms with Crippen molar-refractivity contribution in [1.29, 1.82) is 0 Å². The standard InChI is InChI=1S/C31H54.C5H12/c1-21(20-29(4,5)6)12-13-22(2)26-16-17-27-25-15-14-24-11-9-10-18-30(24,7)28(25)19-23(3)31(26,27)8;1-5(2,3)4/h22-28H,1,9-20H2,2-8H3;1-4H3. The molecular weight excluding hydrogens is 432 g/mol. The van der Waals surface area contributed by atoms with Crippen LogP contribution in [0.15, 0.2) is 12.2 Å². The molecule has 4 aliphatic rings. The summed E-state index contributed by atoms with van der Waals surface area (Å²) in [5.74, 6) is 6.81. The summed E-state index contributed by atoms with van der Waals surface area (Å²) in [5.41, 5.74) is 3.63. The molecule has 4 aliphatic carbocycles. The van der Waals surface area contributed by atoms with Gasteiger partial charge in [0.05, 0.1) is 0 Å². The largest absolute Gasteiger partial charge is 0.0998 e. The molecule has 4 saturated carbocycles. The number of hydrogen-bond donors (Lipinski definition) is 0. The van der Waals surface area contributed by atoms with Crippen molar-refractivity contribution in [3.05, 3.63) is 12.2 Å². The normalized spacial score (nSPS) is 41.3. The molecule has 4 fully saturated rings. The summed E-state index contributed by atoms with van der Waals surface area (Å²) < 4.78 is 0. The maximum absolute atomic E-state index is 4.45. The van der Waals surface area contributed by atoms with Crippen LogP contribution in [0.5, 0.6) is 0 Å². The van der Waals surface area contributed by atoms with Crippen molar-refractivity contribution < 1.29 is 0 Å². The number of fused-ring (bicyclic) bond motifs is 5. The first kappa shape index (κ1) is 30.3. The Balaban J connectivity index is 0.000000658. The van der Waals surface area contributed by atoms with E-state index in [4.69, 9.17) is 0 Å². The highest BCUT2D eigenvalue weighted by molar-refractivity contribution is 5.11. The van der Waals surface area contributed by atoms with Crippen LogP contribution in [0.1, 0.15) is 153 Å². The van der Waals surface area contributed by atoms with E-state index < -0.39 is 0 Å². The number of rotatable bonds is 5. The predicted octanol–water partition coefficient (Wildman–Crippen LogP) is 11.7. The van der Waals surface area contributed by atoms with Crippen LogP contribution in [0, 0.1) is 63.1 Å². The van der Waals surface area contributed by atoms with E-state index in [0.717, 1.165) is 41.4 Å². The predicted molar refractivity (Wildman–Crippen MR) is 161 cm³/mol. The third-order valence-electron chi connectivity index (χ3n) is 11.7. The van der Waals surface area contributed by atoms with Gasteiger partial charge in [0.1, 0.15) is 0 Å². The fourth-order valence-electron chi connectivity index (χ4n) is 10.1. The third-order valence-corrected chi connectivity index (χ3v) is 11.7. The maximum atomic E-state index is 4.45. The van der Waals surface area contributed by atoms with Gasteiger partial charge in [0.25, 0.3) is 0 Å². The molecule has 0 aliphatic heterocycles. The fraction of sp³-hybridized carbons (Fsp3) is 0.944. The van der Waals surface area contributed by atoms with Gasteiger partial charge in [-0.15, -0.1) is 0 Å². The third kappa shape index (κ3) is 6.65. The molecule has 0 nitrogen and oxygen atoms in total. The summed E-state index contributed by atoms with van der Waals surface area (Å²) in [6, 6.07) is 0. The lowest BCUT2D eigenvalue weighted by Gasteiger charge is -2.63. The van der Waals surface area contributed by atoms with Crippen molar-refractivity contribution in [2.24, 2.45) is 63.1 Å². The molecule has 0 heterocycles. The van der Waals surface area contributed by atoms with E-state index >= 15 is 0 Å². The molecule has 9 atom stereocenters. The van der Waals surface area contributed by atoms with E-state index in [-0.39, 0.29) is 0 Å². The quantitative estimate of drug-likeness (QED) is 0.330. The van der Waals surface area contributed by atoms with Crippen molar-refractivity contribution in [1.82, 2.24) is 0 Å². The molecule has 0 aromatic rings. The van der Waals surface area contributed by atoms with E-state index in [9.17, 15) is 0 Å². The molecule has 0 spiro atoms. The van der Waals surface area contributed by atoms with E-state index in [0.29, 0.717) is 21.7 Å². The lowest BCUT2D eigenvalue weighted by atomic mass is 9.42. The van der Waals surface area contributed by atoms with Gasteiger partial charge >= 0.3 is 0 Å². The molecule has 0 amide bonds. The van der Waals surface area contributed by atoms with Crippen LogP contribution in [0.3, 0.4) is 0 Å². The highest BCUT2D eigenvalue weighted by Gasteiger charge is 2.62. The summed E-state index contributed by atoms with van der Waals surface area (Å²) in [6.07, 6.45) is 17.5. The Bertz CT molecular complexity index is 724. The highest BCUT2D eigenvalue weighted by Crippen LogP contribution is 2.70. The van der Waals surface area contributed by atoms with Gasteiger partial charge in [-0.1, -0.05) is 101 Å². The average molecular weight is 499 g/mol. The van der Waals surface area contributed by atoms with Crippen LogP contribution in [0.2, 0.25) is 0 Å². The van der Waals surface area contributed by atoms with Crippen molar-refractivity contribution in [2.75, 3.05) is 0 Å². The Morgan fingerprint density at radius 3 is 2.14 bits per heavy atom. The summed E-state index contributed by atoms with van der Waals surface area (Å²) in [4.78, 5) is 0. The van der Waals surface area contributed by atoms with Crippen LogP contribution >= 0.6 is 0 Å². The van der Waals surface area contributed by atoms with Crippen LogP contribution < -0.4 is 0 Å². The first-order chi connectivity index (χ1) is 16.5. The SMILES string of the molecule is C=C(CCC(C)C1CCC2C3CCC4CCCCC4(C)C3CC(C)C12C)CC(C)(C)C.CC(C)(C)C. The summed E-state index contributed by atoms with van der Waals surface area (Å²) >= 11 is 0. The van der Waals surface area contributed by atoms with Gasteiger partial charge in [-0.3, -0.25) is 0 Å². The van der Waals surface area contributed by atoms with E-state index in [1.807, 2.05) is 0 Å². The Hall–Kier alpha value is -0.260. The molecule has 0 heteroatoms. The second-order valence-electron chi connectivity index (χ2n) is 17.6. The molecule has 0 bridgehead atoms. The molecule has 0 N–H and O–H groups in total. The molecular formula is C36H66. The van der Waals surface area contributed by atoms with Gasteiger partial charge < -0.3 is 0 Å². The molecule has 4 rings (SSSR count). The van der Waals surface area contributed by atoms with Gasteiger partial charge in [-0.05, 0) is 127 Å². The first-order valence-corrected chi connectivity index (χ1v) is 16.1. The Kier molecular flexibility index (Phi) is 9.32. The van der Waals surface area contributed by atoms with Crippen molar-refractivity contribution >= 4 is 0 Å². The molecule has 0 aromatic carbocycles. The second kappa shape index (κ2) is 11.1. The molecule has 36 heavy (non-hydrogen) atoms. The lowest BCUT2D eigenvalue weighted by molar-refractivity contribution is -0.138. The molecule has 0 aromatic heterocycles. The van der Waals surface area contributed by atoms with Crippen molar-refractivity contribution in [2.45, 2.75) is 153 Å². The lowest BCUT2D eigenvalue weighted by Crippen LogP contribution is -2.55. The molecule has 9 unspecified atom stereocenters. The minimum atomic E-state index is 0.381. The van der Waals surface area contributed by atoms with Gasteiger partial charge in [0, 0.05) is 0 Å². The minimum Gasteiger partial charge on any atom is -0.0998 e. The molecule has 0 saturated heterocycles. The zero-order valence-corrected chi connectivity index (χ0v) is 26.7. The zero-order chi connectivity index (χ0) is 27.1. The first-order valence-electron chi connectivity index (χ1n) is 16.1. The smallest absolute Gasteiger partial charge is 0.0238 e. The molecule has 0 radical (unpaired) electrons. The Labute approximate surface area is 228 Å². The van der Waals surface area contributed by atoms with E-state index in [2.05, 4.69) is 82.7 Å². The van der Waals surface area contributed by atoms with E-state index in [1.165, 1.54) is 69.8 Å². The van der Waals surface area contributed by atoms with Gasteiger partial charge in [-0.2, -0.15) is 0 Å². The maximum Gasteiger partial charge on any atom is -0.0238 e. The minimum absolute atomic E-state index is 0.381. The number of hydrogen-bond acceptors (Lipinski definition) is 0. The summed E-state index contributed by atoms with van der Waals surface area (Å²) in [7, 11) is 0. The van der Waals surface area contributed by atoms with Crippen LogP contribution in [0.4, 0.5) is 0 Å². The van der Waals surface area contributed by atoms with Crippen molar-refractivity contribution in [3.63, 3.8) is 0 Å².